The molecule has 132 valence electrons. The minimum Gasteiger partial charge on any atom is -0.414 e. The largest absolute Gasteiger partial charge is 0.414 e. The molecule has 0 saturated carbocycles. The Kier molecular flexibility index (Phi) is 4.15. The third-order valence-corrected chi connectivity index (χ3v) is 4.12. The molecule has 2 aromatic heterocycles. The molecular weight excluding hydrogens is 326 g/mol. The molecule has 0 spiro atoms. The smallest absolute Gasteiger partial charge is 0.270 e. The molecule has 26 heavy (non-hydrogen) atoms. The standard InChI is InChI=1S/C20H17N5O.2H2/c1-2-13-8-6-7-11-15(13)16-12-22-18(21)17(23-16)20-25-24-19(26-20)14-9-4-3-5-10-14;;/h3-12H,2H2,1H3,(H2,21,22);2*1H. The van der Waals surface area contributed by atoms with E-state index >= 15 is 0 Å². The fraction of sp³-hybridized carbons (Fsp3) is 0.100. The Balaban J connectivity index is 0.00000140. The van der Waals surface area contributed by atoms with E-state index in [-0.39, 0.29) is 14.6 Å². The molecule has 6 heteroatoms. The van der Waals surface area contributed by atoms with Crippen molar-refractivity contribution in [3.63, 3.8) is 0 Å². The molecule has 4 aromatic rings. The van der Waals surface area contributed by atoms with Gasteiger partial charge in [0, 0.05) is 14.0 Å². The SMILES string of the molecule is CCc1ccccc1-c1cnc(N)c(-c2nnc(-c3ccccc3)o2)n1.[HH].[HH]. The summed E-state index contributed by atoms with van der Waals surface area (Å²) in [4.78, 5) is 8.92. The predicted octanol–water partition coefficient (Wildman–Crippen LogP) is 4.50. The van der Waals surface area contributed by atoms with Crippen LogP contribution >= 0.6 is 0 Å². The Bertz CT molecular complexity index is 1050. The maximum Gasteiger partial charge on any atom is 0.270 e. The lowest BCUT2D eigenvalue weighted by Gasteiger charge is -2.08. The van der Waals surface area contributed by atoms with Gasteiger partial charge in [0.15, 0.2) is 11.5 Å². The van der Waals surface area contributed by atoms with E-state index in [9.17, 15) is 0 Å². The summed E-state index contributed by atoms with van der Waals surface area (Å²) in [5.41, 5.74) is 10.2. The average molecular weight is 347 g/mol. The number of hydrogen-bond acceptors (Lipinski definition) is 6. The van der Waals surface area contributed by atoms with E-state index in [1.807, 2.05) is 48.5 Å². The summed E-state index contributed by atoms with van der Waals surface area (Å²) in [6.45, 7) is 2.11. The molecule has 0 aliphatic heterocycles. The second-order valence-corrected chi connectivity index (χ2v) is 5.78. The van der Waals surface area contributed by atoms with E-state index < -0.39 is 0 Å². The van der Waals surface area contributed by atoms with Gasteiger partial charge in [-0.1, -0.05) is 49.4 Å². The predicted molar refractivity (Wildman–Crippen MR) is 104 cm³/mol. The highest BCUT2D eigenvalue weighted by atomic mass is 16.4. The van der Waals surface area contributed by atoms with Crippen LogP contribution in [-0.2, 0) is 6.42 Å². The van der Waals surface area contributed by atoms with Gasteiger partial charge in [-0.05, 0) is 24.1 Å². The van der Waals surface area contributed by atoms with Gasteiger partial charge < -0.3 is 10.2 Å². The molecule has 0 unspecified atom stereocenters. The molecule has 0 aliphatic carbocycles. The molecule has 0 fully saturated rings. The molecule has 6 nitrogen and oxygen atoms in total. The summed E-state index contributed by atoms with van der Waals surface area (Å²) in [5, 5.41) is 8.20. The number of anilines is 1. The number of benzene rings is 2. The number of nitrogens with zero attached hydrogens (tertiary/aromatic N) is 4. The van der Waals surface area contributed by atoms with E-state index in [1.165, 1.54) is 5.56 Å². The van der Waals surface area contributed by atoms with Crippen molar-refractivity contribution < 1.29 is 7.27 Å². The van der Waals surface area contributed by atoms with Crippen LogP contribution in [0.5, 0.6) is 0 Å². The average Bonchev–Trinajstić information content (AvgIpc) is 3.19. The van der Waals surface area contributed by atoms with Crippen LogP contribution in [0.25, 0.3) is 34.3 Å². The number of nitrogen functional groups attached to an aromatic ring is 1. The summed E-state index contributed by atoms with van der Waals surface area (Å²) in [6, 6.07) is 17.6. The number of aromatic nitrogens is 4. The van der Waals surface area contributed by atoms with Gasteiger partial charge >= 0.3 is 0 Å². The maximum atomic E-state index is 6.02. The fourth-order valence-electron chi connectivity index (χ4n) is 2.78. The maximum absolute atomic E-state index is 6.02. The fourth-order valence-corrected chi connectivity index (χ4v) is 2.78. The number of aryl methyl sites for hydroxylation is 1. The van der Waals surface area contributed by atoms with Crippen molar-refractivity contribution in [3.05, 3.63) is 66.4 Å². The van der Waals surface area contributed by atoms with Crippen molar-refractivity contribution in [2.45, 2.75) is 13.3 Å². The molecule has 0 radical (unpaired) electrons. The quantitative estimate of drug-likeness (QED) is 0.584. The Morgan fingerprint density at radius 2 is 1.69 bits per heavy atom. The second kappa shape index (κ2) is 6.76. The van der Waals surface area contributed by atoms with E-state index in [2.05, 4.69) is 33.2 Å². The van der Waals surface area contributed by atoms with Crippen LogP contribution in [0.1, 0.15) is 15.3 Å². The lowest BCUT2D eigenvalue weighted by atomic mass is 10.0. The number of nitrogens with two attached hydrogens (primary N) is 1. The molecular formula is C20H21N5O. The van der Waals surface area contributed by atoms with E-state index in [0.717, 1.165) is 23.2 Å². The van der Waals surface area contributed by atoms with Crippen molar-refractivity contribution >= 4 is 5.82 Å². The highest BCUT2D eigenvalue weighted by Crippen LogP contribution is 2.29. The summed E-state index contributed by atoms with van der Waals surface area (Å²) < 4.78 is 5.78. The summed E-state index contributed by atoms with van der Waals surface area (Å²) in [7, 11) is 0. The first kappa shape index (κ1) is 16.0. The van der Waals surface area contributed by atoms with Gasteiger partial charge in [-0.2, -0.15) is 0 Å². The lowest BCUT2D eigenvalue weighted by molar-refractivity contribution is 0.582. The Labute approximate surface area is 153 Å². The summed E-state index contributed by atoms with van der Waals surface area (Å²) in [6.07, 6.45) is 2.57. The zero-order valence-electron chi connectivity index (χ0n) is 14.3. The normalized spacial score (nSPS) is 10.8. The molecule has 0 aliphatic rings. The van der Waals surface area contributed by atoms with Gasteiger partial charge in [0.2, 0.25) is 5.89 Å². The molecule has 0 saturated heterocycles. The van der Waals surface area contributed by atoms with Gasteiger partial charge in [-0.3, -0.25) is 0 Å². The monoisotopic (exact) mass is 347 g/mol. The minimum atomic E-state index is 0. The molecule has 0 amide bonds. The van der Waals surface area contributed by atoms with Crippen LogP contribution < -0.4 is 5.73 Å². The Hall–Kier alpha value is -3.54. The van der Waals surface area contributed by atoms with Crippen LogP contribution in [-0.4, -0.2) is 20.2 Å². The van der Waals surface area contributed by atoms with Crippen LogP contribution in [0.2, 0.25) is 0 Å². The summed E-state index contributed by atoms with van der Waals surface area (Å²) >= 11 is 0. The lowest BCUT2D eigenvalue weighted by Crippen LogP contribution is -2.00. The van der Waals surface area contributed by atoms with Crippen molar-refractivity contribution in [2.24, 2.45) is 0 Å². The first-order valence-corrected chi connectivity index (χ1v) is 8.36. The van der Waals surface area contributed by atoms with Crippen LogP contribution in [0.3, 0.4) is 0 Å². The van der Waals surface area contributed by atoms with Crippen molar-refractivity contribution in [1.82, 2.24) is 20.2 Å². The van der Waals surface area contributed by atoms with E-state index in [1.54, 1.807) is 6.20 Å². The van der Waals surface area contributed by atoms with Gasteiger partial charge in [0.25, 0.3) is 5.89 Å². The molecule has 0 bridgehead atoms. The molecule has 4 rings (SSSR count). The van der Waals surface area contributed by atoms with Crippen LogP contribution in [0, 0.1) is 0 Å². The number of hydrogen-bond donors (Lipinski definition) is 1. The van der Waals surface area contributed by atoms with Gasteiger partial charge in [0.05, 0.1) is 11.9 Å². The van der Waals surface area contributed by atoms with Crippen molar-refractivity contribution in [2.75, 3.05) is 5.73 Å². The second-order valence-electron chi connectivity index (χ2n) is 5.78. The molecule has 0 atom stereocenters. The van der Waals surface area contributed by atoms with Crippen LogP contribution in [0.4, 0.5) is 5.82 Å². The summed E-state index contributed by atoms with van der Waals surface area (Å²) in [5.74, 6) is 0.928. The highest BCUT2D eigenvalue weighted by Gasteiger charge is 2.17. The van der Waals surface area contributed by atoms with Crippen molar-refractivity contribution in [3.8, 4) is 34.3 Å². The van der Waals surface area contributed by atoms with Crippen molar-refractivity contribution in [1.29, 1.82) is 0 Å². The minimum absolute atomic E-state index is 0. The third-order valence-electron chi connectivity index (χ3n) is 4.12. The molecule has 2 N–H and O–H groups in total. The molecule has 2 aromatic carbocycles. The van der Waals surface area contributed by atoms with Gasteiger partial charge in [-0.15, -0.1) is 10.2 Å². The zero-order chi connectivity index (χ0) is 17.9. The van der Waals surface area contributed by atoms with Gasteiger partial charge in [0.1, 0.15) is 0 Å². The Morgan fingerprint density at radius 3 is 2.50 bits per heavy atom. The molecule has 2 heterocycles. The highest BCUT2D eigenvalue weighted by molar-refractivity contribution is 5.70. The van der Waals surface area contributed by atoms with Crippen LogP contribution in [0.15, 0.2) is 65.2 Å². The first-order chi connectivity index (χ1) is 12.8. The van der Waals surface area contributed by atoms with E-state index in [4.69, 9.17) is 10.2 Å². The topological polar surface area (TPSA) is 90.7 Å². The Morgan fingerprint density at radius 1 is 0.962 bits per heavy atom. The third kappa shape index (κ3) is 2.93. The van der Waals surface area contributed by atoms with Gasteiger partial charge in [-0.25, -0.2) is 9.97 Å². The van der Waals surface area contributed by atoms with E-state index in [0.29, 0.717) is 11.6 Å². The number of rotatable bonds is 4. The first-order valence-electron chi connectivity index (χ1n) is 8.36. The zero-order valence-corrected chi connectivity index (χ0v) is 14.3.